The van der Waals surface area contributed by atoms with Crippen LogP contribution in [-0.2, 0) is 6.54 Å². The lowest BCUT2D eigenvalue weighted by atomic mass is 10.00. The molecule has 0 fully saturated rings. The van der Waals surface area contributed by atoms with Crippen molar-refractivity contribution in [3.05, 3.63) is 55.1 Å². The van der Waals surface area contributed by atoms with Crippen LogP contribution in [0, 0.1) is 0 Å². The molecule has 0 saturated carbocycles. The summed E-state index contributed by atoms with van der Waals surface area (Å²) < 4.78 is 24.5. The fraction of sp³-hybridized carbons (Fsp3) is 0.231. The number of hydrogen-bond acceptors (Lipinski definition) is 7. The summed E-state index contributed by atoms with van der Waals surface area (Å²) in [7, 11) is 3.30. The van der Waals surface area contributed by atoms with E-state index in [2.05, 4.69) is 27.0 Å². The van der Waals surface area contributed by atoms with Crippen molar-refractivity contribution < 1.29 is 18.9 Å². The molecule has 1 N–H and O–H groups in total. The van der Waals surface area contributed by atoms with Gasteiger partial charge in [0.25, 0.3) is 0 Å². The number of benzene rings is 3. The molecule has 172 valence electrons. The lowest BCUT2D eigenvalue weighted by Crippen LogP contribution is -2.08. The Balaban J connectivity index is 1.50. The summed E-state index contributed by atoms with van der Waals surface area (Å²) >= 11 is 0. The molecule has 0 spiro atoms. The zero-order chi connectivity index (χ0) is 23.1. The Morgan fingerprint density at radius 2 is 1.74 bits per heavy atom. The predicted octanol–water partition coefficient (Wildman–Crippen LogP) is 4.99. The molecule has 0 saturated heterocycles. The van der Waals surface area contributed by atoms with E-state index in [-0.39, 0.29) is 6.79 Å². The molecule has 1 aliphatic heterocycles. The topological polar surface area (TPSA) is 79.7 Å². The van der Waals surface area contributed by atoms with E-state index in [0.29, 0.717) is 11.5 Å². The van der Waals surface area contributed by atoms with Gasteiger partial charge in [-0.1, -0.05) is 12.1 Å². The van der Waals surface area contributed by atoms with Crippen LogP contribution in [0.4, 0.5) is 5.82 Å². The highest BCUT2D eigenvalue weighted by molar-refractivity contribution is 6.18. The van der Waals surface area contributed by atoms with Gasteiger partial charge in [0.1, 0.15) is 5.82 Å². The first-order valence-electron chi connectivity index (χ1n) is 11.2. The van der Waals surface area contributed by atoms with Crippen molar-refractivity contribution in [1.82, 2.24) is 14.5 Å². The standard InChI is InChI=1S/C26H24N4O4/c1-31-21-12-19-17-5-4-16-10-23-24(34-15-33-23)11-18(16)25(17)29-26(20(19)13-22(21)32-2)28-6-3-8-30-9-7-27-14-30/h4-5,7,9-14H,3,6,8,15H2,1-2H3,(H,28,29). The first-order chi connectivity index (χ1) is 16.7. The van der Waals surface area contributed by atoms with Gasteiger partial charge < -0.3 is 28.8 Å². The fourth-order valence-corrected chi connectivity index (χ4v) is 4.53. The summed E-state index contributed by atoms with van der Waals surface area (Å²) in [6, 6.07) is 12.2. The maximum atomic E-state index is 5.65. The number of methoxy groups -OCH3 is 2. The number of nitrogens with one attached hydrogen (secondary N) is 1. The number of pyridine rings is 1. The second-order valence-electron chi connectivity index (χ2n) is 8.18. The molecule has 0 bridgehead atoms. The van der Waals surface area contributed by atoms with E-state index in [1.807, 2.05) is 36.8 Å². The van der Waals surface area contributed by atoms with Crippen molar-refractivity contribution in [2.75, 3.05) is 32.9 Å². The molecule has 2 aromatic heterocycles. The maximum Gasteiger partial charge on any atom is 0.231 e. The van der Waals surface area contributed by atoms with E-state index >= 15 is 0 Å². The van der Waals surface area contributed by atoms with Crippen molar-refractivity contribution in [1.29, 1.82) is 0 Å². The SMILES string of the molecule is COc1cc2c(NCCCn3ccnc3)nc3c4cc5c(cc4ccc3c2cc1OC)OCO5. The van der Waals surface area contributed by atoms with Crippen molar-refractivity contribution in [3.8, 4) is 23.0 Å². The van der Waals surface area contributed by atoms with Gasteiger partial charge in [-0.15, -0.1) is 0 Å². The highest BCUT2D eigenvalue weighted by atomic mass is 16.7. The van der Waals surface area contributed by atoms with Gasteiger partial charge in [0.2, 0.25) is 6.79 Å². The molecule has 3 heterocycles. The van der Waals surface area contributed by atoms with Crippen LogP contribution in [0.5, 0.6) is 23.0 Å². The van der Waals surface area contributed by atoms with Crippen molar-refractivity contribution in [2.45, 2.75) is 13.0 Å². The second kappa shape index (κ2) is 8.30. The van der Waals surface area contributed by atoms with Crippen LogP contribution in [0.25, 0.3) is 32.4 Å². The van der Waals surface area contributed by atoms with E-state index in [4.69, 9.17) is 23.9 Å². The summed E-state index contributed by atoms with van der Waals surface area (Å²) in [4.78, 5) is 9.21. The zero-order valence-electron chi connectivity index (χ0n) is 19.0. The van der Waals surface area contributed by atoms with Gasteiger partial charge in [-0.25, -0.2) is 9.97 Å². The molecule has 0 radical (unpaired) electrons. The molecule has 0 aliphatic carbocycles. The van der Waals surface area contributed by atoms with Crippen LogP contribution in [0.3, 0.4) is 0 Å². The Morgan fingerprint density at radius 1 is 0.941 bits per heavy atom. The summed E-state index contributed by atoms with van der Waals surface area (Å²) in [5.74, 6) is 3.65. The monoisotopic (exact) mass is 456 g/mol. The molecular weight excluding hydrogens is 432 g/mol. The minimum atomic E-state index is 0.237. The lowest BCUT2D eigenvalue weighted by Gasteiger charge is -2.16. The number of hydrogen-bond donors (Lipinski definition) is 1. The van der Waals surface area contributed by atoms with Gasteiger partial charge >= 0.3 is 0 Å². The highest BCUT2D eigenvalue weighted by Crippen LogP contribution is 2.42. The summed E-state index contributed by atoms with van der Waals surface area (Å²) in [5, 5.41) is 8.67. The lowest BCUT2D eigenvalue weighted by molar-refractivity contribution is 0.174. The number of anilines is 1. The third-order valence-electron chi connectivity index (χ3n) is 6.22. The Kier molecular flexibility index (Phi) is 4.98. The van der Waals surface area contributed by atoms with Gasteiger partial charge in [0.15, 0.2) is 23.0 Å². The van der Waals surface area contributed by atoms with Crippen LogP contribution >= 0.6 is 0 Å². The average Bonchev–Trinajstić information content (AvgIpc) is 3.56. The minimum absolute atomic E-state index is 0.237. The summed E-state index contributed by atoms with van der Waals surface area (Å²) in [6.07, 6.45) is 6.52. The van der Waals surface area contributed by atoms with Crippen LogP contribution in [0.15, 0.2) is 55.1 Å². The number of imidazole rings is 1. The first kappa shape index (κ1) is 20.4. The number of fused-ring (bicyclic) bond motifs is 6. The minimum Gasteiger partial charge on any atom is -0.493 e. The molecule has 6 rings (SSSR count). The smallest absolute Gasteiger partial charge is 0.231 e. The second-order valence-corrected chi connectivity index (χ2v) is 8.18. The molecule has 8 heteroatoms. The molecule has 0 unspecified atom stereocenters. The van der Waals surface area contributed by atoms with Gasteiger partial charge in [-0.3, -0.25) is 0 Å². The van der Waals surface area contributed by atoms with Gasteiger partial charge in [0.05, 0.1) is 26.1 Å². The number of rotatable bonds is 7. The highest BCUT2D eigenvalue weighted by Gasteiger charge is 2.19. The average molecular weight is 457 g/mol. The molecular formula is C26H24N4O4. The van der Waals surface area contributed by atoms with Crippen LogP contribution < -0.4 is 24.3 Å². The zero-order valence-corrected chi connectivity index (χ0v) is 19.0. The maximum absolute atomic E-state index is 5.65. The quantitative estimate of drug-likeness (QED) is 0.273. The molecule has 8 nitrogen and oxygen atoms in total. The normalized spacial score (nSPS) is 12.5. The number of nitrogens with zero attached hydrogens (tertiary/aromatic N) is 3. The van der Waals surface area contributed by atoms with E-state index in [1.54, 1.807) is 20.4 Å². The van der Waals surface area contributed by atoms with Crippen molar-refractivity contribution >= 4 is 38.3 Å². The largest absolute Gasteiger partial charge is 0.493 e. The van der Waals surface area contributed by atoms with Gasteiger partial charge in [-0.2, -0.15) is 0 Å². The molecule has 5 aromatic rings. The fourth-order valence-electron chi connectivity index (χ4n) is 4.53. The third-order valence-corrected chi connectivity index (χ3v) is 6.22. The van der Waals surface area contributed by atoms with Crippen molar-refractivity contribution in [2.24, 2.45) is 0 Å². The summed E-state index contributed by atoms with van der Waals surface area (Å²) in [5.41, 5.74) is 0.896. The van der Waals surface area contributed by atoms with Gasteiger partial charge in [0, 0.05) is 41.6 Å². The Labute approximate surface area is 196 Å². The van der Waals surface area contributed by atoms with Gasteiger partial charge in [-0.05, 0) is 41.5 Å². The number of aromatic nitrogens is 3. The molecule has 1 aliphatic rings. The van der Waals surface area contributed by atoms with E-state index < -0.39 is 0 Å². The van der Waals surface area contributed by atoms with Crippen LogP contribution in [-0.4, -0.2) is 42.1 Å². The van der Waals surface area contributed by atoms with Crippen molar-refractivity contribution in [3.63, 3.8) is 0 Å². The van der Waals surface area contributed by atoms with E-state index in [9.17, 15) is 0 Å². The van der Waals surface area contributed by atoms with E-state index in [0.717, 1.165) is 69.3 Å². The molecule has 3 aromatic carbocycles. The molecule has 34 heavy (non-hydrogen) atoms. The number of ether oxygens (including phenoxy) is 4. The summed E-state index contributed by atoms with van der Waals surface area (Å²) in [6.45, 7) is 1.87. The number of aryl methyl sites for hydroxylation is 1. The molecule has 0 amide bonds. The Bertz CT molecular complexity index is 1520. The predicted molar refractivity (Wildman–Crippen MR) is 131 cm³/mol. The molecule has 0 atom stereocenters. The van der Waals surface area contributed by atoms with E-state index in [1.165, 1.54) is 0 Å². The Hall–Kier alpha value is -4.20. The Morgan fingerprint density at radius 3 is 2.50 bits per heavy atom. The first-order valence-corrected chi connectivity index (χ1v) is 11.2. The van der Waals surface area contributed by atoms with Crippen LogP contribution in [0.1, 0.15) is 6.42 Å². The third kappa shape index (κ3) is 3.39. The van der Waals surface area contributed by atoms with Crippen LogP contribution in [0.2, 0.25) is 0 Å².